The van der Waals surface area contributed by atoms with Crippen molar-refractivity contribution in [2.75, 3.05) is 11.4 Å². The summed E-state index contributed by atoms with van der Waals surface area (Å²) in [6, 6.07) is 11.7. The van der Waals surface area contributed by atoms with Gasteiger partial charge in [-0.1, -0.05) is 11.6 Å². The first-order valence-corrected chi connectivity index (χ1v) is 6.03. The Morgan fingerprint density at radius 3 is 2.61 bits per heavy atom. The minimum atomic E-state index is -0.566. The summed E-state index contributed by atoms with van der Waals surface area (Å²) in [6.45, 7) is 0.460. The van der Waals surface area contributed by atoms with Gasteiger partial charge in [-0.3, -0.25) is 0 Å². The van der Waals surface area contributed by atoms with Crippen molar-refractivity contribution in [2.45, 2.75) is 6.10 Å². The van der Waals surface area contributed by atoms with Gasteiger partial charge in [0.2, 0.25) is 0 Å². The second kappa shape index (κ2) is 4.26. The third-order valence-corrected chi connectivity index (χ3v) is 3.37. The minimum Gasteiger partial charge on any atom is -0.386 e. The van der Waals surface area contributed by atoms with Crippen LogP contribution in [-0.4, -0.2) is 11.7 Å². The highest BCUT2D eigenvalue weighted by Crippen LogP contribution is 2.40. The number of hydrogen-bond donors (Lipinski definition) is 1. The van der Waals surface area contributed by atoms with E-state index in [0.29, 0.717) is 11.6 Å². The molecule has 1 unspecified atom stereocenters. The lowest BCUT2D eigenvalue weighted by atomic mass is 10.1. The van der Waals surface area contributed by atoms with Crippen molar-refractivity contribution >= 4 is 23.0 Å². The number of hydrogen-bond acceptors (Lipinski definition) is 2. The molecular formula is C14H11ClFNO. The molecule has 0 aromatic heterocycles. The van der Waals surface area contributed by atoms with Gasteiger partial charge in [-0.15, -0.1) is 0 Å². The van der Waals surface area contributed by atoms with E-state index in [9.17, 15) is 9.50 Å². The second-order valence-electron chi connectivity index (χ2n) is 4.31. The summed E-state index contributed by atoms with van der Waals surface area (Å²) in [7, 11) is 0. The van der Waals surface area contributed by atoms with Crippen molar-refractivity contribution in [3.63, 3.8) is 0 Å². The fourth-order valence-electron chi connectivity index (χ4n) is 2.27. The Kier molecular flexibility index (Phi) is 2.73. The molecular weight excluding hydrogens is 253 g/mol. The van der Waals surface area contributed by atoms with Crippen LogP contribution >= 0.6 is 11.6 Å². The van der Waals surface area contributed by atoms with E-state index in [-0.39, 0.29) is 5.82 Å². The van der Waals surface area contributed by atoms with E-state index in [0.717, 1.165) is 16.9 Å². The zero-order chi connectivity index (χ0) is 12.7. The molecule has 0 saturated carbocycles. The van der Waals surface area contributed by atoms with Crippen molar-refractivity contribution in [1.82, 2.24) is 0 Å². The molecule has 2 aromatic carbocycles. The number of nitrogens with zero attached hydrogens (tertiary/aromatic N) is 1. The Balaban J connectivity index is 2.05. The molecule has 1 atom stereocenters. The maximum absolute atomic E-state index is 12.9. The maximum atomic E-state index is 12.9. The molecule has 1 heterocycles. The van der Waals surface area contributed by atoms with Gasteiger partial charge in [0, 0.05) is 22.0 Å². The molecule has 2 aromatic rings. The zero-order valence-electron chi connectivity index (χ0n) is 9.48. The molecule has 1 aliphatic heterocycles. The number of halogens is 2. The number of β-amino-alcohol motifs (C(OH)–C–C–N with tert-alkyl or cyclic N) is 1. The van der Waals surface area contributed by atoms with Gasteiger partial charge in [0.05, 0.1) is 12.6 Å². The highest BCUT2D eigenvalue weighted by atomic mass is 35.5. The quantitative estimate of drug-likeness (QED) is 0.849. The normalized spacial score (nSPS) is 17.9. The molecule has 0 fully saturated rings. The van der Waals surface area contributed by atoms with E-state index in [1.807, 2.05) is 11.0 Å². The molecule has 18 heavy (non-hydrogen) atoms. The molecule has 0 spiro atoms. The topological polar surface area (TPSA) is 23.5 Å². The van der Waals surface area contributed by atoms with E-state index in [4.69, 9.17) is 11.6 Å². The van der Waals surface area contributed by atoms with Gasteiger partial charge in [-0.25, -0.2) is 4.39 Å². The van der Waals surface area contributed by atoms with Crippen LogP contribution in [-0.2, 0) is 0 Å². The first-order valence-electron chi connectivity index (χ1n) is 5.66. The number of aliphatic hydroxyl groups is 1. The lowest BCUT2D eigenvalue weighted by Crippen LogP contribution is -2.15. The van der Waals surface area contributed by atoms with Crippen LogP contribution < -0.4 is 4.90 Å². The highest BCUT2D eigenvalue weighted by molar-refractivity contribution is 6.30. The van der Waals surface area contributed by atoms with Gasteiger partial charge < -0.3 is 10.0 Å². The van der Waals surface area contributed by atoms with Crippen LogP contribution in [0, 0.1) is 5.82 Å². The maximum Gasteiger partial charge on any atom is 0.123 e. The molecule has 0 saturated heterocycles. The smallest absolute Gasteiger partial charge is 0.123 e. The number of rotatable bonds is 1. The average Bonchev–Trinajstić information content (AvgIpc) is 2.68. The van der Waals surface area contributed by atoms with Crippen molar-refractivity contribution in [3.8, 4) is 0 Å². The number of benzene rings is 2. The Bertz CT molecular complexity index is 585. The molecule has 0 bridgehead atoms. The summed E-state index contributed by atoms with van der Waals surface area (Å²) < 4.78 is 12.9. The van der Waals surface area contributed by atoms with Crippen molar-refractivity contribution < 1.29 is 9.50 Å². The van der Waals surface area contributed by atoms with E-state index in [2.05, 4.69) is 0 Å². The fraction of sp³-hybridized carbons (Fsp3) is 0.143. The Labute approximate surface area is 109 Å². The van der Waals surface area contributed by atoms with Crippen molar-refractivity contribution in [2.24, 2.45) is 0 Å². The van der Waals surface area contributed by atoms with Crippen LogP contribution in [0.3, 0.4) is 0 Å². The lowest BCUT2D eigenvalue weighted by Gasteiger charge is -2.19. The molecule has 1 N–H and O–H groups in total. The third-order valence-electron chi connectivity index (χ3n) is 3.13. The van der Waals surface area contributed by atoms with Crippen LogP contribution in [0.15, 0.2) is 42.5 Å². The summed E-state index contributed by atoms with van der Waals surface area (Å²) in [5, 5.41) is 10.6. The summed E-state index contributed by atoms with van der Waals surface area (Å²) in [5.74, 6) is -0.269. The summed E-state index contributed by atoms with van der Waals surface area (Å²) in [4.78, 5) is 1.95. The van der Waals surface area contributed by atoms with E-state index in [1.54, 1.807) is 24.3 Å². The molecule has 0 amide bonds. The number of anilines is 2. The largest absolute Gasteiger partial charge is 0.386 e. The van der Waals surface area contributed by atoms with Gasteiger partial charge in [-0.2, -0.15) is 0 Å². The van der Waals surface area contributed by atoms with E-state index >= 15 is 0 Å². The predicted molar refractivity (Wildman–Crippen MR) is 69.8 cm³/mol. The summed E-state index contributed by atoms with van der Waals surface area (Å²) >= 11 is 5.92. The van der Waals surface area contributed by atoms with Gasteiger partial charge in [0.25, 0.3) is 0 Å². The molecule has 2 nitrogen and oxygen atoms in total. The molecule has 4 heteroatoms. The van der Waals surface area contributed by atoms with Crippen LogP contribution in [0.2, 0.25) is 5.02 Å². The SMILES string of the molecule is OC1CN(c2ccc(F)cc2)c2ccc(Cl)cc21. The first kappa shape index (κ1) is 11.5. The lowest BCUT2D eigenvalue weighted by molar-refractivity contribution is 0.196. The Morgan fingerprint density at radius 1 is 1.17 bits per heavy atom. The highest BCUT2D eigenvalue weighted by Gasteiger charge is 2.28. The van der Waals surface area contributed by atoms with Crippen molar-refractivity contribution in [3.05, 3.63) is 58.9 Å². The van der Waals surface area contributed by atoms with Gasteiger partial charge >= 0.3 is 0 Å². The summed E-state index contributed by atoms with van der Waals surface area (Å²) in [6.07, 6.45) is -0.566. The Hall–Kier alpha value is -1.58. The standard InChI is InChI=1S/C14H11ClFNO/c15-9-1-6-13-12(7-9)14(18)8-17(13)11-4-2-10(16)3-5-11/h1-7,14,18H,8H2. The third kappa shape index (κ3) is 1.85. The zero-order valence-corrected chi connectivity index (χ0v) is 10.2. The van der Waals surface area contributed by atoms with Crippen LogP contribution in [0.25, 0.3) is 0 Å². The number of aliphatic hydroxyl groups excluding tert-OH is 1. The van der Waals surface area contributed by atoms with Gasteiger partial charge in [-0.05, 0) is 42.5 Å². The van der Waals surface area contributed by atoms with Crippen LogP contribution in [0.1, 0.15) is 11.7 Å². The van der Waals surface area contributed by atoms with Gasteiger partial charge in [0.1, 0.15) is 5.82 Å². The van der Waals surface area contributed by atoms with E-state index < -0.39 is 6.10 Å². The van der Waals surface area contributed by atoms with Gasteiger partial charge in [0.15, 0.2) is 0 Å². The molecule has 3 rings (SSSR count). The first-order chi connectivity index (χ1) is 8.65. The van der Waals surface area contributed by atoms with Crippen LogP contribution in [0.4, 0.5) is 15.8 Å². The fourth-order valence-corrected chi connectivity index (χ4v) is 2.45. The second-order valence-corrected chi connectivity index (χ2v) is 4.74. The molecule has 0 radical (unpaired) electrons. The average molecular weight is 264 g/mol. The van der Waals surface area contributed by atoms with E-state index in [1.165, 1.54) is 12.1 Å². The van der Waals surface area contributed by atoms with Crippen LogP contribution in [0.5, 0.6) is 0 Å². The minimum absolute atomic E-state index is 0.269. The molecule has 0 aliphatic carbocycles. The summed E-state index contributed by atoms with van der Waals surface area (Å²) in [5.41, 5.74) is 2.59. The number of fused-ring (bicyclic) bond motifs is 1. The predicted octanol–water partition coefficient (Wildman–Crippen LogP) is 3.66. The molecule has 1 aliphatic rings. The van der Waals surface area contributed by atoms with Crippen molar-refractivity contribution in [1.29, 1.82) is 0 Å². The Morgan fingerprint density at radius 2 is 1.89 bits per heavy atom. The molecule has 92 valence electrons. The monoisotopic (exact) mass is 263 g/mol.